The zero-order chi connectivity index (χ0) is 28.9. The summed E-state index contributed by atoms with van der Waals surface area (Å²) < 4.78 is 20.4. The van der Waals surface area contributed by atoms with Crippen molar-refractivity contribution in [1.82, 2.24) is 4.57 Å². The number of aromatic nitrogens is 1. The first-order chi connectivity index (χ1) is 19.9. The third-order valence-corrected chi connectivity index (χ3v) is 7.98. The Kier molecular flexibility index (Phi) is 8.85. The van der Waals surface area contributed by atoms with Crippen LogP contribution in [0.2, 0.25) is 0 Å². The lowest BCUT2D eigenvalue weighted by atomic mass is 9.96. The maximum Gasteiger partial charge on any atom is 0.338 e. The van der Waals surface area contributed by atoms with E-state index in [1.165, 1.54) is 15.9 Å². The molecule has 4 aromatic rings. The van der Waals surface area contributed by atoms with Crippen LogP contribution in [0, 0.1) is 0 Å². The number of rotatable bonds is 9. The highest BCUT2D eigenvalue weighted by Gasteiger charge is 2.32. The molecule has 0 aliphatic carbocycles. The van der Waals surface area contributed by atoms with Crippen LogP contribution < -0.4 is 24.4 Å². The molecule has 0 radical (unpaired) electrons. The Hall–Kier alpha value is -3.95. The average molecular weight is 634 g/mol. The highest BCUT2D eigenvalue weighted by atomic mass is 79.9. The summed E-state index contributed by atoms with van der Waals surface area (Å²) in [5.74, 6) is 0.629. The molecule has 9 heteroatoms. The molecule has 1 aliphatic heterocycles. The van der Waals surface area contributed by atoms with Gasteiger partial charge in [-0.05, 0) is 67.8 Å². The molecule has 7 nitrogen and oxygen atoms in total. The zero-order valence-electron chi connectivity index (χ0n) is 22.9. The van der Waals surface area contributed by atoms with Gasteiger partial charge in [-0.2, -0.15) is 0 Å². The minimum absolute atomic E-state index is 0.200. The summed E-state index contributed by atoms with van der Waals surface area (Å²) in [5.41, 5.74) is 3.23. The topological polar surface area (TPSA) is 79.1 Å². The molecule has 1 aliphatic rings. The smallest absolute Gasteiger partial charge is 0.338 e. The van der Waals surface area contributed by atoms with Gasteiger partial charge in [0.2, 0.25) is 0 Å². The number of hydrogen-bond donors (Lipinski definition) is 0. The van der Waals surface area contributed by atoms with Crippen LogP contribution in [0.25, 0.3) is 11.8 Å². The molecule has 0 spiro atoms. The van der Waals surface area contributed by atoms with Crippen molar-refractivity contribution in [2.75, 3.05) is 13.2 Å². The van der Waals surface area contributed by atoms with Crippen LogP contribution in [0.15, 0.2) is 92.6 Å². The first-order valence-corrected chi connectivity index (χ1v) is 14.9. The van der Waals surface area contributed by atoms with Crippen LogP contribution in [0.1, 0.15) is 43.5 Å². The van der Waals surface area contributed by atoms with E-state index in [4.69, 9.17) is 19.2 Å². The van der Waals surface area contributed by atoms with Gasteiger partial charge < -0.3 is 14.2 Å². The summed E-state index contributed by atoms with van der Waals surface area (Å²) in [6, 6.07) is 22.5. The number of ether oxygens (including phenoxy) is 3. The van der Waals surface area contributed by atoms with Crippen LogP contribution in [-0.2, 0) is 16.1 Å². The fourth-order valence-electron chi connectivity index (χ4n) is 4.62. The van der Waals surface area contributed by atoms with Crippen molar-refractivity contribution in [3.05, 3.63) is 119 Å². The van der Waals surface area contributed by atoms with Gasteiger partial charge in [0.25, 0.3) is 5.56 Å². The second-order valence-corrected chi connectivity index (χ2v) is 11.2. The van der Waals surface area contributed by atoms with E-state index in [0.29, 0.717) is 45.3 Å². The molecule has 41 heavy (non-hydrogen) atoms. The Morgan fingerprint density at radius 2 is 1.80 bits per heavy atom. The number of esters is 1. The first-order valence-electron chi connectivity index (χ1n) is 13.3. The molecule has 0 N–H and O–H groups in total. The number of halogens is 1. The Balaban J connectivity index is 1.60. The lowest BCUT2D eigenvalue weighted by molar-refractivity contribution is -0.138. The first kappa shape index (κ1) is 28.6. The number of thiazole rings is 1. The van der Waals surface area contributed by atoms with E-state index < -0.39 is 12.0 Å². The Labute approximate surface area is 250 Å². The van der Waals surface area contributed by atoms with E-state index in [1.807, 2.05) is 85.8 Å². The molecule has 1 aromatic heterocycles. The molecular formula is C32H29BrN2O5S. The van der Waals surface area contributed by atoms with Crippen molar-refractivity contribution in [2.24, 2.45) is 4.99 Å². The molecule has 0 saturated carbocycles. The summed E-state index contributed by atoms with van der Waals surface area (Å²) >= 11 is 4.77. The second-order valence-electron chi connectivity index (χ2n) is 9.25. The Bertz CT molecular complexity index is 1790. The number of hydrogen-bond acceptors (Lipinski definition) is 7. The molecule has 0 saturated heterocycles. The quantitative estimate of drug-likeness (QED) is 0.223. The summed E-state index contributed by atoms with van der Waals surface area (Å²) in [4.78, 5) is 32.2. The van der Waals surface area contributed by atoms with Gasteiger partial charge >= 0.3 is 5.97 Å². The third-order valence-electron chi connectivity index (χ3n) is 6.51. The minimum Gasteiger partial charge on any atom is -0.490 e. The molecule has 0 bridgehead atoms. The number of fused-ring (bicyclic) bond motifs is 1. The third kappa shape index (κ3) is 6.21. The van der Waals surface area contributed by atoms with Crippen LogP contribution >= 0.6 is 27.3 Å². The van der Waals surface area contributed by atoms with Crippen molar-refractivity contribution in [2.45, 2.75) is 33.4 Å². The number of carbonyl (C=O) groups excluding carboxylic acids is 1. The van der Waals surface area contributed by atoms with Crippen LogP contribution in [-0.4, -0.2) is 23.8 Å². The molecule has 1 atom stereocenters. The molecule has 5 rings (SSSR count). The van der Waals surface area contributed by atoms with E-state index in [-0.39, 0.29) is 12.2 Å². The van der Waals surface area contributed by atoms with E-state index in [0.717, 1.165) is 21.2 Å². The fourth-order valence-corrected chi connectivity index (χ4v) is 6.08. The molecule has 210 valence electrons. The van der Waals surface area contributed by atoms with Crippen LogP contribution in [0.5, 0.6) is 11.5 Å². The summed E-state index contributed by atoms with van der Waals surface area (Å²) in [6.45, 7) is 6.44. The van der Waals surface area contributed by atoms with Crippen molar-refractivity contribution in [1.29, 1.82) is 0 Å². The van der Waals surface area contributed by atoms with Crippen LogP contribution in [0.4, 0.5) is 0 Å². The van der Waals surface area contributed by atoms with Gasteiger partial charge in [0, 0.05) is 10.2 Å². The van der Waals surface area contributed by atoms with Gasteiger partial charge in [0.1, 0.15) is 12.6 Å². The van der Waals surface area contributed by atoms with E-state index in [2.05, 4.69) is 15.9 Å². The van der Waals surface area contributed by atoms with Gasteiger partial charge in [-0.3, -0.25) is 9.36 Å². The van der Waals surface area contributed by atoms with Crippen molar-refractivity contribution >= 4 is 45.0 Å². The lowest BCUT2D eigenvalue weighted by Crippen LogP contribution is -2.35. The minimum atomic E-state index is -0.687. The van der Waals surface area contributed by atoms with E-state index in [1.54, 1.807) is 13.8 Å². The summed E-state index contributed by atoms with van der Waals surface area (Å²) in [6.07, 6.45) is 1.83. The Morgan fingerprint density at radius 3 is 2.54 bits per heavy atom. The predicted molar refractivity (Wildman–Crippen MR) is 164 cm³/mol. The van der Waals surface area contributed by atoms with Gasteiger partial charge in [0.15, 0.2) is 16.3 Å². The maximum absolute atomic E-state index is 13.5. The second kappa shape index (κ2) is 12.7. The fraction of sp³-hybridized carbons (Fsp3) is 0.219. The molecule has 2 heterocycles. The highest BCUT2D eigenvalue weighted by molar-refractivity contribution is 9.10. The SMILES string of the molecule is CCOC(=O)C1=C(C)n2c(s/c(=C\c3cccc(Br)c3)c2=O)=N[C@@H]1c1ccc(OCc2ccccc2)c(OCC)c1. The largest absolute Gasteiger partial charge is 0.490 e. The number of carbonyl (C=O) groups is 1. The molecular weight excluding hydrogens is 604 g/mol. The lowest BCUT2D eigenvalue weighted by Gasteiger charge is -2.23. The van der Waals surface area contributed by atoms with Crippen molar-refractivity contribution in [3.63, 3.8) is 0 Å². The van der Waals surface area contributed by atoms with Crippen molar-refractivity contribution in [3.8, 4) is 11.5 Å². The maximum atomic E-state index is 13.5. The van der Waals surface area contributed by atoms with Gasteiger partial charge in [-0.15, -0.1) is 0 Å². The average Bonchev–Trinajstić information content (AvgIpc) is 3.27. The highest BCUT2D eigenvalue weighted by Crippen LogP contribution is 2.37. The molecule has 0 unspecified atom stereocenters. The number of benzene rings is 3. The summed E-state index contributed by atoms with van der Waals surface area (Å²) in [7, 11) is 0. The molecule has 3 aromatic carbocycles. The van der Waals surface area contributed by atoms with Crippen molar-refractivity contribution < 1.29 is 19.0 Å². The van der Waals surface area contributed by atoms with Gasteiger partial charge in [0.05, 0.1) is 23.3 Å². The van der Waals surface area contributed by atoms with E-state index in [9.17, 15) is 9.59 Å². The van der Waals surface area contributed by atoms with E-state index >= 15 is 0 Å². The summed E-state index contributed by atoms with van der Waals surface area (Å²) in [5, 5.41) is 0. The monoisotopic (exact) mass is 632 g/mol. The normalized spacial score (nSPS) is 14.8. The zero-order valence-corrected chi connectivity index (χ0v) is 25.3. The number of nitrogens with zero attached hydrogens (tertiary/aromatic N) is 2. The van der Waals surface area contributed by atoms with Gasteiger partial charge in [-0.1, -0.05) is 75.8 Å². The molecule has 0 amide bonds. The van der Waals surface area contributed by atoms with Crippen LogP contribution in [0.3, 0.4) is 0 Å². The molecule has 0 fully saturated rings. The Morgan fingerprint density at radius 1 is 1.00 bits per heavy atom. The standard InChI is InChI=1S/C32H29BrN2O5S/c1-4-38-26-18-23(14-15-25(26)40-19-21-10-7-6-8-11-21)29-28(31(37)39-5-2)20(3)35-30(36)27(41-32(35)34-29)17-22-12-9-13-24(33)16-22/h6-18,29H,4-5,19H2,1-3H3/b27-17-/t29-/m1/s1. The number of allylic oxidation sites excluding steroid dienone is 1. The predicted octanol–water partition coefficient (Wildman–Crippen LogP) is 5.65. The van der Waals surface area contributed by atoms with Gasteiger partial charge in [-0.25, -0.2) is 9.79 Å².